The number of fused-ring (bicyclic) bond motifs is 1. The number of amides is 1. The van der Waals surface area contributed by atoms with Gasteiger partial charge in [0, 0.05) is 28.2 Å². The summed E-state index contributed by atoms with van der Waals surface area (Å²) >= 11 is 7.68. The van der Waals surface area contributed by atoms with Crippen LogP contribution in [0.4, 0.5) is 5.88 Å². The smallest absolute Gasteiger partial charge is 0.239 e. The molecule has 2 aliphatic rings. The van der Waals surface area contributed by atoms with Crippen molar-refractivity contribution in [2.24, 2.45) is 0 Å². The van der Waals surface area contributed by atoms with Crippen LogP contribution in [0.1, 0.15) is 29.8 Å². The van der Waals surface area contributed by atoms with Crippen LogP contribution in [0.2, 0.25) is 5.02 Å². The molecule has 0 saturated heterocycles. The van der Waals surface area contributed by atoms with E-state index in [0.29, 0.717) is 22.4 Å². The number of thioether (sulfide) groups is 1. The quantitative estimate of drug-likeness (QED) is 0.714. The van der Waals surface area contributed by atoms with E-state index in [-0.39, 0.29) is 5.91 Å². The molecule has 5 rings (SSSR count). The highest BCUT2D eigenvalue weighted by molar-refractivity contribution is 7.98. The molecule has 3 heterocycles. The van der Waals surface area contributed by atoms with Crippen molar-refractivity contribution >= 4 is 35.2 Å². The van der Waals surface area contributed by atoms with Gasteiger partial charge in [0.15, 0.2) is 5.76 Å². The second-order valence-electron chi connectivity index (χ2n) is 6.55. The number of nitrogens with one attached hydrogen (secondary N) is 1. The molecular formula is C18H14ClN3O3S. The molecule has 0 bridgehead atoms. The van der Waals surface area contributed by atoms with E-state index in [1.165, 1.54) is 0 Å². The van der Waals surface area contributed by atoms with Gasteiger partial charge in [0.1, 0.15) is 0 Å². The van der Waals surface area contributed by atoms with Crippen molar-refractivity contribution in [2.45, 2.75) is 29.8 Å². The Morgan fingerprint density at radius 2 is 1.96 bits per heavy atom. The van der Waals surface area contributed by atoms with Crippen LogP contribution in [0.25, 0.3) is 11.3 Å². The summed E-state index contributed by atoms with van der Waals surface area (Å²) in [7, 11) is 0. The number of aromatic nitrogens is 2. The van der Waals surface area contributed by atoms with Crippen molar-refractivity contribution in [1.29, 1.82) is 0 Å². The number of benzene rings is 1. The first-order valence-electron chi connectivity index (χ1n) is 8.25. The van der Waals surface area contributed by atoms with E-state index in [1.807, 2.05) is 18.2 Å². The second kappa shape index (κ2) is 5.89. The average molecular weight is 388 g/mol. The third-order valence-corrected chi connectivity index (χ3v) is 6.12. The number of carbonyl (C=O) groups excluding carboxylic acids is 1. The molecule has 1 fully saturated rings. The molecule has 132 valence electrons. The van der Waals surface area contributed by atoms with E-state index in [2.05, 4.69) is 15.6 Å². The normalized spacial score (nSPS) is 17.1. The molecule has 0 atom stereocenters. The minimum absolute atomic E-state index is 0.121. The van der Waals surface area contributed by atoms with Crippen molar-refractivity contribution in [3.63, 3.8) is 0 Å². The van der Waals surface area contributed by atoms with E-state index < -0.39 is 5.41 Å². The van der Waals surface area contributed by atoms with Gasteiger partial charge in [-0.25, -0.2) is 0 Å². The van der Waals surface area contributed by atoms with Crippen molar-refractivity contribution in [3.05, 3.63) is 52.3 Å². The van der Waals surface area contributed by atoms with E-state index in [1.54, 1.807) is 23.9 Å². The lowest BCUT2D eigenvalue weighted by atomic mass is 10.0. The van der Waals surface area contributed by atoms with Crippen LogP contribution in [-0.4, -0.2) is 16.2 Å². The first-order valence-corrected chi connectivity index (χ1v) is 9.79. The zero-order chi connectivity index (χ0) is 17.7. The first-order chi connectivity index (χ1) is 12.7. The second-order valence-corrected chi connectivity index (χ2v) is 7.97. The summed E-state index contributed by atoms with van der Waals surface area (Å²) in [5, 5.41) is 11.7. The highest BCUT2D eigenvalue weighted by Gasteiger charge is 2.54. The van der Waals surface area contributed by atoms with Gasteiger partial charge in [0.25, 0.3) is 0 Å². The van der Waals surface area contributed by atoms with E-state index in [0.717, 1.165) is 41.2 Å². The number of rotatable bonds is 4. The zero-order valence-corrected chi connectivity index (χ0v) is 15.2. The van der Waals surface area contributed by atoms with Gasteiger partial charge in [-0.05, 0) is 37.1 Å². The SMILES string of the molecule is O=C(Nc1onc2c1CSC2)C1(c2cc(-c3ccc(Cl)cc3)on2)CC1. The number of hydrogen-bond donors (Lipinski definition) is 1. The molecule has 1 aliphatic heterocycles. The van der Waals surface area contributed by atoms with Crippen LogP contribution >= 0.6 is 23.4 Å². The highest BCUT2D eigenvalue weighted by atomic mass is 35.5. The molecule has 0 unspecified atom stereocenters. The molecule has 0 spiro atoms. The lowest BCUT2D eigenvalue weighted by Gasteiger charge is -2.10. The van der Waals surface area contributed by atoms with E-state index >= 15 is 0 Å². The summed E-state index contributed by atoms with van der Waals surface area (Å²) in [6.45, 7) is 0. The Hall–Kier alpha value is -2.25. The van der Waals surface area contributed by atoms with Gasteiger partial charge in [0.05, 0.1) is 22.4 Å². The predicted octanol–water partition coefficient (Wildman–Crippen LogP) is 4.40. The van der Waals surface area contributed by atoms with Crippen molar-refractivity contribution < 1.29 is 13.8 Å². The minimum atomic E-state index is -0.653. The largest absolute Gasteiger partial charge is 0.356 e. The van der Waals surface area contributed by atoms with Crippen LogP contribution in [-0.2, 0) is 21.7 Å². The van der Waals surface area contributed by atoms with Crippen LogP contribution in [0.15, 0.2) is 39.4 Å². The van der Waals surface area contributed by atoms with Gasteiger partial charge in [-0.2, -0.15) is 11.8 Å². The monoisotopic (exact) mass is 387 g/mol. The summed E-state index contributed by atoms with van der Waals surface area (Å²) < 4.78 is 10.8. The Labute approximate surface area is 158 Å². The van der Waals surface area contributed by atoms with Gasteiger partial charge in [-0.1, -0.05) is 21.9 Å². The number of hydrogen-bond acceptors (Lipinski definition) is 6. The predicted molar refractivity (Wildman–Crippen MR) is 98.0 cm³/mol. The third kappa shape index (κ3) is 2.54. The maximum absolute atomic E-state index is 12.9. The number of halogens is 1. The molecule has 1 amide bonds. The minimum Gasteiger partial charge on any atom is -0.356 e. The Morgan fingerprint density at radius 1 is 1.15 bits per heavy atom. The maximum atomic E-state index is 12.9. The summed E-state index contributed by atoms with van der Waals surface area (Å²) in [6, 6.07) is 9.14. The molecule has 1 saturated carbocycles. The van der Waals surface area contributed by atoms with Crippen molar-refractivity contribution in [1.82, 2.24) is 10.3 Å². The summed E-state index contributed by atoms with van der Waals surface area (Å²) in [5.41, 5.74) is 2.77. The van der Waals surface area contributed by atoms with Gasteiger partial charge >= 0.3 is 0 Å². The molecule has 1 aromatic carbocycles. The van der Waals surface area contributed by atoms with Gasteiger partial charge in [-0.3, -0.25) is 10.1 Å². The Balaban J connectivity index is 1.39. The molecular weight excluding hydrogens is 374 g/mol. The fourth-order valence-electron chi connectivity index (χ4n) is 3.15. The highest BCUT2D eigenvalue weighted by Crippen LogP contribution is 2.49. The number of nitrogens with zero attached hydrogens (tertiary/aromatic N) is 2. The standard InChI is InChI=1S/C18H14ClN3O3S/c19-11-3-1-10(2-4-11)14-7-15(22-24-14)18(5-6-18)17(23)20-16-12-8-26-9-13(12)21-25-16/h1-4,7H,5-6,8-9H2,(H,20,23). The molecule has 6 nitrogen and oxygen atoms in total. The lowest BCUT2D eigenvalue weighted by Crippen LogP contribution is -2.28. The number of anilines is 1. The molecule has 26 heavy (non-hydrogen) atoms. The molecule has 8 heteroatoms. The fourth-order valence-corrected chi connectivity index (χ4v) is 4.30. The van der Waals surface area contributed by atoms with Gasteiger partial charge in [0.2, 0.25) is 11.8 Å². The summed E-state index contributed by atoms with van der Waals surface area (Å²) in [4.78, 5) is 12.9. The van der Waals surface area contributed by atoms with Crippen LogP contribution in [0.5, 0.6) is 0 Å². The molecule has 1 aliphatic carbocycles. The Morgan fingerprint density at radius 3 is 2.73 bits per heavy atom. The summed E-state index contributed by atoms with van der Waals surface area (Å²) in [6.07, 6.45) is 1.47. The lowest BCUT2D eigenvalue weighted by molar-refractivity contribution is -0.118. The molecule has 0 radical (unpaired) electrons. The molecule has 3 aromatic rings. The maximum Gasteiger partial charge on any atom is 0.239 e. The van der Waals surface area contributed by atoms with Crippen LogP contribution in [0.3, 0.4) is 0 Å². The van der Waals surface area contributed by atoms with Crippen molar-refractivity contribution in [2.75, 3.05) is 5.32 Å². The topological polar surface area (TPSA) is 81.2 Å². The summed E-state index contributed by atoms with van der Waals surface area (Å²) in [5.74, 6) is 2.60. The van der Waals surface area contributed by atoms with Crippen molar-refractivity contribution in [3.8, 4) is 11.3 Å². The molecule has 2 aromatic heterocycles. The van der Waals surface area contributed by atoms with Gasteiger partial charge < -0.3 is 9.05 Å². The molecule has 1 N–H and O–H groups in total. The fraction of sp³-hybridized carbons (Fsp3) is 0.278. The first kappa shape index (κ1) is 16.0. The van der Waals surface area contributed by atoms with E-state index in [4.69, 9.17) is 20.6 Å². The Kier molecular flexibility index (Phi) is 3.62. The average Bonchev–Trinajstić information content (AvgIpc) is 3.01. The Bertz CT molecular complexity index is 992. The van der Waals surface area contributed by atoms with Crippen LogP contribution < -0.4 is 5.32 Å². The third-order valence-electron chi connectivity index (χ3n) is 4.90. The van der Waals surface area contributed by atoms with E-state index in [9.17, 15) is 4.79 Å². The van der Waals surface area contributed by atoms with Crippen LogP contribution in [0, 0.1) is 0 Å². The number of carbonyl (C=O) groups is 1. The zero-order valence-electron chi connectivity index (χ0n) is 13.6. The van der Waals surface area contributed by atoms with Gasteiger partial charge in [-0.15, -0.1) is 0 Å².